The van der Waals surface area contributed by atoms with Crippen LogP contribution in [0.15, 0.2) is 12.1 Å². The monoisotopic (exact) mass is 258 g/mol. The van der Waals surface area contributed by atoms with Gasteiger partial charge in [-0.1, -0.05) is 0 Å². The maximum atomic E-state index is 13.3. The number of benzene rings is 1. The molecule has 100 valence electrons. The van der Waals surface area contributed by atoms with Crippen molar-refractivity contribution in [1.82, 2.24) is 4.90 Å². The number of piperidine rings is 1. The number of likely N-dealkylation sites (tertiary alicyclic amines) is 1. The second-order valence-corrected chi connectivity index (χ2v) is 4.86. The molecule has 2 unspecified atom stereocenters. The van der Waals surface area contributed by atoms with Crippen molar-refractivity contribution in [2.75, 3.05) is 20.1 Å². The standard InChI is InChI=1S/C13H17F3N2/c1-18-4-2-3-8(7-17)13(18)9-5-10(14)12(16)11(15)6-9/h5-6,8,13H,2-4,7,17H2,1H3. The summed E-state index contributed by atoms with van der Waals surface area (Å²) in [5.74, 6) is -3.55. The van der Waals surface area contributed by atoms with E-state index in [0.717, 1.165) is 31.5 Å². The van der Waals surface area contributed by atoms with Gasteiger partial charge in [0.25, 0.3) is 0 Å². The maximum absolute atomic E-state index is 13.3. The number of nitrogens with two attached hydrogens (primary N) is 1. The van der Waals surface area contributed by atoms with Gasteiger partial charge in [-0.2, -0.15) is 0 Å². The van der Waals surface area contributed by atoms with Crippen molar-refractivity contribution < 1.29 is 13.2 Å². The van der Waals surface area contributed by atoms with Gasteiger partial charge in [-0.3, -0.25) is 4.90 Å². The predicted molar refractivity (Wildman–Crippen MR) is 63.5 cm³/mol. The third-order valence-electron chi connectivity index (χ3n) is 3.66. The summed E-state index contributed by atoms with van der Waals surface area (Å²) in [4.78, 5) is 2.02. The van der Waals surface area contributed by atoms with E-state index in [1.165, 1.54) is 0 Å². The Morgan fingerprint density at radius 2 is 1.89 bits per heavy atom. The molecule has 0 aromatic heterocycles. The Kier molecular flexibility index (Phi) is 3.92. The summed E-state index contributed by atoms with van der Waals surface area (Å²) in [6, 6.07) is 2.01. The molecule has 1 aromatic carbocycles. The zero-order valence-electron chi connectivity index (χ0n) is 10.3. The molecule has 2 N–H and O–H groups in total. The molecular weight excluding hydrogens is 241 g/mol. The van der Waals surface area contributed by atoms with E-state index in [1.54, 1.807) is 0 Å². The average Bonchev–Trinajstić information content (AvgIpc) is 2.35. The zero-order chi connectivity index (χ0) is 13.3. The van der Waals surface area contributed by atoms with Crippen LogP contribution in [0.1, 0.15) is 24.4 Å². The van der Waals surface area contributed by atoms with Crippen LogP contribution in [0.3, 0.4) is 0 Å². The summed E-state index contributed by atoms with van der Waals surface area (Å²) < 4.78 is 39.5. The van der Waals surface area contributed by atoms with Gasteiger partial charge in [0.1, 0.15) is 0 Å². The van der Waals surface area contributed by atoms with Crippen LogP contribution in [0, 0.1) is 23.4 Å². The average molecular weight is 258 g/mol. The van der Waals surface area contributed by atoms with Gasteiger partial charge < -0.3 is 5.73 Å². The minimum Gasteiger partial charge on any atom is -0.330 e. The van der Waals surface area contributed by atoms with E-state index in [1.807, 2.05) is 11.9 Å². The Hall–Kier alpha value is -1.07. The summed E-state index contributed by atoms with van der Waals surface area (Å²) in [7, 11) is 1.89. The Morgan fingerprint density at radius 3 is 2.44 bits per heavy atom. The lowest BCUT2D eigenvalue weighted by molar-refractivity contribution is 0.124. The van der Waals surface area contributed by atoms with Gasteiger partial charge in [0, 0.05) is 6.04 Å². The van der Waals surface area contributed by atoms with Gasteiger partial charge in [-0.15, -0.1) is 0 Å². The lowest BCUT2D eigenvalue weighted by Gasteiger charge is -2.39. The zero-order valence-corrected chi connectivity index (χ0v) is 10.3. The first-order chi connectivity index (χ1) is 8.54. The van der Waals surface area contributed by atoms with Crippen molar-refractivity contribution in [1.29, 1.82) is 0 Å². The number of rotatable bonds is 2. The fourth-order valence-electron chi connectivity index (χ4n) is 2.78. The molecule has 0 aliphatic carbocycles. The fourth-order valence-corrected chi connectivity index (χ4v) is 2.78. The molecule has 18 heavy (non-hydrogen) atoms. The van der Waals surface area contributed by atoms with Crippen LogP contribution < -0.4 is 5.73 Å². The lowest BCUT2D eigenvalue weighted by Crippen LogP contribution is -2.39. The van der Waals surface area contributed by atoms with Crippen molar-refractivity contribution in [2.45, 2.75) is 18.9 Å². The second-order valence-electron chi connectivity index (χ2n) is 4.86. The van der Waals surface area contributed by atoms with Crippen molar-refractivity contribution in [2.24, 2.45) is 11.7 Å². The predicted octanol–water partition coefficient (Wildman–Crippen LogP) is 2.45. The summed E-state index contributed by atoms with van der Waals surface area (Å²) in [5.41, 5.74) is 6.17. The van der Waals surface area contributed by atoms with E-state index in [0.29, 0.717) is 12.1 Å². The van der Waals surface area contributed by atoms with Gasteiger partial charge in [-0.25, -0.2) is 13.2 Å². The highest BCUT2D eigenvalue weighted by atomic mass is 19.2. The molecule has 0 radical (unpaired) electrons. The minimum atomic E-state index is -1.42. The van der Waals surface area contributed by atoms with Gasteiger partial charge in [-0.05, 0) is 56.6 Å². The van der Waals surface area contributed by atoms with E-state index in [9.17, 15) is 13.2 Å². The van der Waals surface area contributed by atoms with Crippen LogP contribution >= 0.6 is 0 Å². The van der Waals surface area contributed by atoms with Crippen molar-refractivity contribution in [3.8, 4) is 0 Å². The molecule has 1 heterocycles. The molecule has 0 spiro atoms. The molecule has 0 saturated carbocycles. The minimum absolute atomic E-state index is 0.145. The molecule has 0 amide bonds. The van der Waals surface area contributed by atoms with Gasteiger partial charge in [0.05, 0.1) is 0 Å². The van der Waals surface area contributed by atoms with E-state index >= 15 is 0 Å². The Morgan fingerprint density at radius 1 is 1.28 bits per heavy atom. The van der Waals surface area contributed by atoms with Crippen LogP contribution in [0.25, 0.3) is 0 Å². The normalized spacial score (nSPS) is 25.4. The summed E-state index contributed by atoms with van der Waals surface area (Å²) in [5, 5.41) is 0. The molecule has 2 rings (SSSR count). The van der Waals surface area contributed by atoms with Crippen molar-refractivity contribution in [3.63, 3.8) is 0 Å². The smallest absolute Gasteiger partial charge is 0.194 e. The lowest BCUT2D eigenvalue weighted by atomic mass is 9.85. The van der Waals surface area contributed by atoms with Gasteiger partial charge >= 0.3 is 0 Å². The molecule has 2 atom stereocenters. The van der Waals surface area contributed by atoms with Crippen LogP contribution in [-0.2, 0) is 0 Å². The van der Waals surface area contributed by atoms with Crippen molar-refractivity contribution in [3.05, 3.63) is 35.1 Å². The van der Waals surface area contributed by atoms with Gasteiger partial charge in [0.2, 0.25) is 0 Å². The summed E-state index contributed by atoms with van der Waals surface area (Å²) in [6.07, 6.45) is 1.94. The number of hydrogen-bond donors (Lipinski definition) is 1. The SMILES string of the molecule is CN1CCCC(CN)C1c1cc(F)c(F)c(F)c1. The second kappa shape index (κ2) is 5.28. The van der Waals surface area contributed by atoms with Gasteiger partial charge in [0.15, 0.2) is 17.5 Å². The van der Waals surface area contributed by atoms with Crippen LogP contribution in [0.2, 0.25) is 0 Å². The van der Waals surface area contributed by atoms with E-state index < -0.39 is 17.5 Å². The Labute approximate surface area is 105 Å². The molecule has 0 bridgehead atoms. The third kappa shape index (κ3) is 2.37. The van der Waals surface area contributed by atoms with E-state index in [2.05, 4.69) is 0 Å². The summed E-state index contributed by atoms with van der Waals surface area (Å²) in [6.45, 7) is 1.30. The molecule has 5 heteroatoms. The molecule has 1 aromatic rings. The van der Waals surface area contributed by atoms with Crippen molar-refractivity contribution >= 4 is 0 Å². The molecule has 1 fully saturated rings. The first kappa shape index (κ1) is 13.4. The molecule has 1 saturated heterocycles. The highest BCUT2D eigenvalue weighted by molar-refractivity contribution is 5.24. The highest BCUT2D eigenvalue weighted by Gasteiger charge is 2.30. The largest absolute Gasteiger partial charge is 0.330 e. The van der Waals surface area contributed by atoms with Crippen LogP contribution in [0.4, 0.5) is 13.2 Å². The highest BCUT2D eigenvalue weighted by Crippen LogP contribution is 2.35. The fraction of sp³-hybridized carbons (Fsp3) is 0.538. The number of hydrogen-bond acceptors (Lipinski definition) is 2. The first-order valence-corrected chi connectivity index (χ1v) is 6.09. The molecule has 2 nitrogen and oxygen atoms in total. The third-order valence-corrected chi connectivity index (χ3v) is 3.66. The molecule has 1 aliphatic rings. The Bertz CT molecular complexity index is 413. The maximum Gasteiger partial charge on any atom is 0.194 e. The topological polar surface area (TPSA) is 29.3 Å². The first-order valence-electron chi connectivity index (χ1n) is 6.09. The van der Waals surface area contributed by atoms with Crippen LogP contribution in [0.5, 0.6) is 0 Å². The van der Waals surface area contributed by atoms with E-state index in [4.69, 9.17) is 5.73 Å². The quantitative estimate of drug-likeness (QED) is 0.826. The van der Waals surface area contributed by atoms with E-state index in [-0.39, 0.29) is 12.0 Å². The molecule has 1 aliphatic heterocycles. The molecular formula is C13H17F3N2. The summed E-state index contributed by atoms with van der Waals surface area (Å²) >= 11 is 0. The number of nitrogens with zero attached hydrogens (tertiary/aromatic N) is 1. The van der Waals surface area contributed by atoms with Crippen LogP contribution in [-0.4, -0.2) is 25.0 Å². The Balaban J connectivity index is 2.38. The number of halogens is 3.